The van der Waals surface area contributed by atoms with Gasteiger partial charge >= 0.3 is 0 Å². The van der Waals surface area contributed by atoms with Crippen LogP contribution < -0.4 is 0 Å². The Balaban J connectivity index is 2.14. The van der Waals surface area contributed by atoms with Gasteiger partial charge in [-0.1, -0.05) is 41.9 Å². The predicted octanol–water partition coefficient (Wildman–Crippen LogP) is 5.81. The Morgan fingerprint density at radius 1 is 0.913 bits per heavy atom. The third-order valence-corrected chi connectivity index (χ3v) is 4.05. The summed E-state index contributed by atoms with van der Waals surface area (Å²) in [7, 11) is 0. The average Bonchev–Trinajstić information content (AvgIpc) is 2.93. The first-order valence-electron chi connectivity index (χ1n) is 7.00. The summed E-state index contributed by atoms with van der Waals surface area (Å²) in [6, 6.07) is 17.7. The maximum absolute atomic E-state index is 11.3. The smallest absolute Gasteiger partial charge is 0.277 e. The zero-order valence-electron chi connectivity index (χ0n) is 11.8. The molecule has 3 aromatic carbocycles. The van der Waals surface area contributed by atoms with Gasteiger partial charge in [-0.05, 0) is 24.3 Å². The van der Waals surface area contributed by atoms with Gasteiger partial charge in [0.1, 0.15) is 11.2 Å². The van der Waals surface area contributed by atoms with Gasteiger partial charge in [0.25, 0.3) is 5.69 Å². The summed E-state index contributed by atoms with van der Waals surface area (Å²) in [6.45, 7) is 0. The van der Waals surface area contributed by atoms with Gasteiger partial charge in [0.05, 0.1) is 10.5 Å². The molecule has 0 amide bonds. The maximum atomic E-state index is 11.3. The van der Waals surface area contributed by atoms with Crippen molar-refractivity contribution >= 4 is 39.2 Å². The van der Waals surface area contributed by atoms with E-state index in [2.05, 4.69) is 0 Å². The van der Waals surface area contributed by atoms with E-state index >= 15 is 0 Å². The zero-order valence-corrected chi connectivity index (χ0v) is 12.6. The Kier molecular flexibility index (Phi) is 3.06. The second kappa shape index (κ2) is 5.11. The minimum atomic E-state index is -0.398. The van der Waals surface area contributed by atoms with Crippen LogP contribution in [0, 0.1) is 10.1 Å². The summed E-state index contributed by atoms with van der Waals surface area (Å²) in [6.07, 6.45) is 0. The molecule has 4 nitrogen and oxygen atoms in total. The Labute approximate surface area is 136 Å². The molecule has 0 aliphatic carbocycles. The second-order valence-electron chi connectivity index (χ2n) is 5.20. The minimum Gasteiger partial charge on any atom is -0.455 e. The van der Waals surface area contributed by atoms with Crippen molar-refractivity contribution in [1.29, 1.82) is 0 Å². The quantitative estimate of drug-likeness (QED) is 0.345. The third-order valence-electron chi connectivity index (χ3n) is 3.83. The number of benzene rings is 3. The largest absolute Gasteiger partial charge is 0.455 e. The molecule has 23 heavy (non-hydrogen) atoms. The molecule has 1 aromatic heterocycles. The molecular formula is C18H10ClNO3. The first-order valence-corrected chi connectivity index (χ1v) is 7.37. The lowest BCUT2D eigenvalue weighted by molar-refractivity contribution is -0.384. The van der Waals surface area contributed by atoms with E-state index in [0.29, 0.717) is 21.7 Å². The highest BCUT2D eigenvalue weighted by molar-refractivity contribution is 6.32. The molecule has 4 aromatic rings. The normalized spacial score (nSPS) is 11.2. The van der Waals surface area contributed by atoms with E-state index in [-0.39, 0.29) is 5.69 Å². The molecule has 0 saturated carbocycles. The number of nitro benzene ring substituents is 1. The van der Waals surface area contributed by atoms with Crippen LogP contribution in [0.4, 0.5) is 5.69 Å². The lowest BCUT2D eigenvalue weighted by Gasteiger charge is -2.05. The van der Waals surface area contributed by atoms with E-state index in [1.807, 2.05) is 30.3 Å². The van der Waals surface area contributed by atoms with Crippen molar-refractivity contribution in [3.63, 3.8) is 0 Å². The summed E-state index contributed by atoms with van der Waals surface area (Å²) in [5.74, 6) is 0. The number of fused-ring (bicyclic) bond motifs is 3. The van der Waals surface area contributed by atoms with Gasteiger partial charge in [0.2, 0.25) is 0 Å². The van der Waals surface area contributed by atoms with E-state index in [9.17, 15) is 10.1 Å². The molecule has 0 unspecified atom stereocenters. The Morgan fingerprint density at radius 3 is 2.48 bits per heavy atom. The third kappa shape index (κ3) is 2.15. The molecule has 4 rings (SSSR count). The summed E-state index contributed by atoms with van der Waals surface area (Å²) < 4.78 is 5.95. The van der Waals surface area contributed by atoms with Crippen LogP contribution in [0.2, 0.25) is 5.02 Å². The van der Waals surface area contributed by atoms with Gasteiger partial charge in [-0.3, -0.25) is 10.1 Å². The molecular weight excluding hydrogens is 314 g/mol. The highest BCUT2D eigenvalue weighted by Crippen LogP contribution is 2.40. The second-order valence-corrected chi connectivity index (χ2v) is 5.64. The summed E-state index contributed by atoms with van der Waals surface area (Å²) >= 11 is 6.25. The van der Waals surface area contributed by atoms with Crippen LogP contribution >= 0.6 is 11.6 Å². The molecule has 5 heteroatoms. The highest BCUT2D eigenvalue weighted by Gasteiger charge is 2.20. The van der Waals surface area contributed by atoms with Crippen molar-refractivity contribution in [2.45, 2.75) is 0 Å². The molecule has 0 radical (unpaired) electrons. The van der Waals surface area contributed by atoms with Crippen molar-refractivity contribution in [2.24, 2.45) is 0 Å². The van der Waals surface area contributed by atoms with E-state index in [0.717, 1.165) is 16.4 Å². The average molecular weight is 324 g/mol. The Morgan fingerprint density at radius 2 is 1.65 bits per heavy atom. The molecule has 0 bridgehead atoms. The fourth-order valence-electron chi connectivity index (χ4n) is 2.85. The fraction of sp³-hybridized carbons (Fsp3) is 0. The van der Waals surface area contributed by atoms with Crippen molar-refractivity contribution in [1.82, 2.24) is 0 Å². The topological polar surface area (TPSA) is 56.3 Å². The molecule has 0 fully saturated rings. The van der Waals surface area contributed by atoms with Gasteiger partial charge < -0.3 is 4.42 Å². The lowest BCUT2D eigenvalue weighted by atomic mass is 10.0. The summed E-state index contributed by atoms with van der Waals surface area (Å²) in [5.41, 5.74) is 2.46. The maximum Gasteiger partial charge on any atom is 0.277 e. The molecule has 112 valence electrons. The van der Waals surface area contributed by atoms with Crippen LogP contribution in [0.1, 0.15) is 0 Å². The number of hydrogen-bond acceptors (Lipinski definition) is 3. The van der Waals surface area contributed by atoms with Gasteiger partial charge in [0, 0.05) is 27.4 Å². The molecule has 0 N–H and O–H groups in total. The van der Waals surface area contributed by atoms with Crippen LogP contribution in [0.3, 0.4) is 0 Å². The van der Waals surface area contributed by atoms with Crippen LogP contribution in [0.25, 0.3) is 33.1 Å². The minimum absolute atomic E-state index is 0.0246. The Hall–Kier alpha value is -2.85. The van der Waals surface area contributed by atoms with Gasteiger partial charge in [-0.15, -0.1) is 0 Å². The van der Waals surface area contributed by atoms with Crippen molar-refractivity contribution in [2.75, 3.05) is 0 Å². The number of para-hydroxylation sites is 2. The van der Waals surface area contributed by atoms with Crippen LogP contribution in [-0.2, 0) is 0 Å². The monoisotopic (exact) mass is 323 g/mol. The number of hydrogen-bond donors (Lipinski definition) is 0. The number of nitrogens with zero attached hydrogens (tertiary/aromatic N) is 1. The molecule has 1 heterocycles. The molecule has 0 aliphatic rings. The van der Waals surface area contributed by atoms with Crippen molar-refractivity contribution in [3.8, 4) is 11.1 Å². The first kappa shape index (κ1) is 13.8. The van der Waals surface area contributed by atoms with Crippen molar-refractivity contribution in [3.05, 3.63) is 75.8 Å². The number of furan rings is 1. The Bertz CT molecular complexity index is 1070. The van der Waals surface area contributed by atoms with E-state index in [1.54, 1.807) is 24.3 Å². The SMILES string of the molecule is O=[N+]([O-])c1ccccc1-c1cc(Cl)cc2c1oc1ccccc12. The first-order chi connectivity index (χ1) is 11.1. The van der Waals surface area contributed by atoms with E-state index in [4.69, 9.17) is 16.0 Å². The summed E-state index contributed by atoms with van der Waals surface area (Å²) in [4.78, 5) is 10.9. The van der Waals surface area contributed by atoms with Crippen LogP contribution in [-0.4, -0.2) is 4.92 Å². The number of nitro groups is 1. The van der Waals surface area contributed by atoms with E-state index < -0.39 is 4.92 Å². The molecule has 0 atom stereocenters. The zero-order chi connectivity index (χ0) is 16.0. The van der Waals surface area contributed by atoms with Crippen molar-refractivity contribution < 1.29 is 9.34 Å². The fourth-order valence-corrected chi connectivity index (χ4v) is 3.07. The van der Waals surface area contributed by atoms with Gasteiger partial charge in [-0.25, -0.2) is 0 Å². The highest BCUT2D eigenvalue weighted by atomic mass is 35.5. The standard InChI is InChI=1S/C18H10ClNO3/c19-11-9-14(12-5-1-3-7-16(12)20(21)22)18-15(10-11)13-6-2-4-8-17(13)23-18/h1-10H. The number of rotatable bonds is 2. The molecule has 0 aliphatic heterocycles. The van der Waals surface area contributed by atoms with Crippen LogP contribution in [0.5, 0.6) is 0 Å². The van der Waals surface area contributed by atoms with Gasteiger partial charge in [-0.2, -0.15) is 0 Å². The predicted molar refractivity (Wildman–Crippen MR) is 90.8 cm³/mol. The lowest BCUT2D eigenvalue weighted by Crippen LogP contribution is -1.91. The van der Waals surface area contributed by atoms with E-state index in [1.165, 1.54) is 6.07 Å². The van der Waals surface area contributed by atoms with Crippen LogP contribution in [0.15, 0.2) is 65.1 Å². The molecule has 0 spiro atoms. The number of halogens is 1. The summed E-state index contributed by atoms with van der Waals surface area (Å²) in [5, 5.41) is 13.6. The van der Waals surface area contributed by atoms with Gasteiger partial charge in [0.15, 0.2) is 0 Å². The molecule has 0 saturated heterocycles.